The third-order valence-corrected chi connectivity index (χ3v) is 4.61. The SMILES string of the molecule is CC(C)(C)N1CCC2(CC1)C(=O)Nc1cnc(C=O)nc12. The van der Waals surface area contributed by atoms with Gasteiger partial charge in [0.15, 0.2) is 12.1 Å². The maximum absolute atomic E-state index is 12.5. The number of carbonyl (C=O) groups excluding carboxylic acids is 2. The summed E-state index contributed by atoms with van der Waals surface area (Å²) in [6.07, 6.45) is 3.60. The van der Waals surface area contributed by atoms with Gasteiger partial charge in [-0.05, 0) is 33.6 Å². The lowest BCUT2D eigenvalue weighted by molar-refractivity contribution is -0.123. The van der Waals surface area contributed by atoms with Crippen molar-refractivity contribution in [3.8, 4) is 0 Å². The highest BCUT2D eigenvalue weighted by atomic mass is 16.2. The fraction of sp³-hybridized carbons (Fsp3) is 0.600. The van der Waals surface area contributed by atoms with E-state index in [1.165, 1.54) is 6.20 Å². The largest absolute Gasteiger partial charge is 0.322 e. The minimum Gasteiger partial charge on any atom is -0.322 e. The summed E-state index contributed by atoms with van der Waals surface area (Å²) in [5.41, 5.74) is 0.838. The van der Waals surface area contributed by atoms with Gasteiger partial charge in [0.2, 0.25) is 5.91 Å². The fourth-order valence-corrected chi connectivity index (χ4v) is 3.28. The summed E-state index contributed by atoms with van der Waals surface area (Å²) in [6, 6.07) is 0. The Labute approximate surface area is 124 Å². The number of amides is 1. The van der Waals surface area contributed by atoms with Crippen LogP contribution in [0.3, 0.4) is 0 Å². The highest BCUT2D eigenvalue weighted by Gasteiger charge is 2.50. The van der Waals surface area contributed by atoms with E-state index in [2.05, 4.69) is 41.0 Å². The predicted octanol–water partition coefficient (Wildman–Crippen LogP) is 1.37. The van der Waals surface area contributed by atoms with Crippen LogP contribution in [-0.2, 0) is 10.2 Å². The Hall–Kier alpha value is -1.82. The van der Waals surface area contributed by atoms with Gasteiger partial charge in [-0.1, -0.05) is 0 Å². The van der Waals surface area contributed by atoms with Crippen molar-refractivity contribution in [2.75, 3.05) is 18.4 Å². The third-order valence-electron chi connectivity index (χ3n) is 4.61. The average molecular weight is 288 g/mol. The molecule has 1 spiro atoms. The summed E-state index contributed by atoms with van der Waals surface area (Å²) in [5, 5.41) is 2.86. The number of likely N-dealkylation sites (tertiary alicyclic amines) is 1. The summed E-state index contributed by atoms with van der Waals surface area (Å²) >= 11 is 0. The molecule has 1 N–H and O–H groups in total. The van der Waals surface area contributed by atoms with Crippen LogP contribution in [0, 0.1) is 0 Å². The summed E-state index contributed by atoms with van der Waals surface area (Å²) in [4.78, 5) is 34.0. The Balaban J connectivity index is 1.94. The number of aldehydes is 1. The van der Waals surface area contributed by atoms with E-state index in [1.54, 1.807) is 0 Å². The van der Waals surface area contributed by atoms with Gasteiger partial charge in [-0.3, -0.25) is 14.5 Å². The molecule has 2 aliphatic rings. The summed E-state index contributed by atoms with van der Waals surface area (Å²) in [5.74, 6) is 0.131. The number of carbonyl (C=O) groups is 2. The second-order valence-corrected chi connectivity index (χ2v) is 6.80. The molecular weight excluding hydrogens is 268 g/mol. The van der Waals surface area contributed by atoms with Crippen LogP contribution in [0.15, 0.2) is 6.20 Å². The Kier molecular flexibility index (Phi) is 3.09. The molecular formula is C15H20N4O2. The molecule has 0 bridgehead atoms. The average Bonchev–Trinajstić information content (AvgIpc) is 2.71. The van der Waals surface area contributed by atoms with Gasteiger partial charge in [0.25, 0.3) is 0 Å². The molecule has 2 aliphatic heterocycles. The summed E-state index contributed by atoms with van der Waals surface area (Å²) in [7, 11) is 0. The minimum atomic E-state index is -0.599. The van der Waals surface area contributed by atoms with E-state index in [1.807, 2.05) is 0 Å². The number of fused-ring (bicyclic) bond motifs is 2. The van der Waals surface area contributed by atoms with E-state index in [4.69, 9.17) is 0 Å². The van der Waals surface area contributed by atoms with Gasteiger partial charge in [0.1, 0.15) is 0 Å². The standard InChI is InChI=1S/C15H20N4O2/c1-14(2,3)19-6-4-15(5-7-19)12-10(17-13(15)21)8-16-11(9-20)18-12/h8-9H,4-7H2,1-3H3,(H,17,21). The molecule has 1 fully saturated rings. The van der Waals surface area contributed by atoms with Gasteiger partial charge in [0, 0.05) is 18.6 Å². The van der Waals surface area contributed by atoms with Crippen molar-refractivity contribution < 1.29 is 9.59 Å². The van der Waals surface area contributed by atoms with E-state index >= 15 is 0 Å². The zero-order valence-electron chi connectivity index (χ0n) is 12.6. The zero-order chi connectivity index (χ0) is 15.3. The van der Waals surface area contributed by atoms with Crippen molar-refractivity contribution in [3.05, 3.63) is 17.7 Å². The van der Waals surface area contributed by atoms with Crippen molar-refractivity contribution >= 4 is 17.9 Å². The fourth-order valence-electron chi connectivity index (χ4n) is 3.28. The number of nitrogens with zero attached hydrogens (tertiary/aromatic N) is 3. The lowest BCUT2D eigenvalue weighted by atomic mass is 9.75. The predicted molar refractivity (Wildman–Crippen MR) is 78.3 cm³/mol. The second kappa shape index (κ2) is 4.59. The monoisotopic (exact) mass is 288 g/mol. The molecule has 0 atom stereocenters. The number of piperidine rings is 1. The van der Waals surface area contributed by atoms with Crippen LogP contribution in [0.5, 0.6) is 0 Å². The topological polar surface area (TPSA) is 75.2 Å². The van der Waals surface area contributed by atoms with Crippen molar-refractivity contribution in [2.45, 2.75) is 44.6 Å². The second-order valence-electron chi connectivity index (χ2n) is 6.80. The molecule has 1 saturated heterocycles. The molecule has 0 unspecified atom stereocenters. The van der Waals surface area contributed by atoms with E-state index in [0.29, 0.717) is 17.7 Å². The Morgan fingerprint density at radius 2 is 2.00 bits per heavy atom. The lowest BCUT2D eigenvalue weighted by Gasteiger charge is -2.43. The summed E-state index contributed by atoms with van der Waals surface area (Å²) < 4.78 is 0. The first-order chi connectivity index (χ1) is 9.87. The third kappa shape index (κ3) is 2.14. The molecule has 1 aromatic rings. The van der Waals surface area contributed by atoms with Crippen LogP contribution in [-0.4, -0.2) is 45.7 Å². The summed E-state index contributed by atoms with van der Waals surface area (Å²) in [6.45, 7) is 8.23. The molecule has 0 aliphatic carbocycles. The van der Waals surface area contributed by atoms with Gasteiger partial charge in [-0.25, -0.2) is 9.97 Å². The first kappa shape index (κ1) is 14.1. The van der Waals surface area contributed by atoms with Crippen LogP contribution in [0.4, 0.5) is 5.69 Å². The molecule has 1 aromatic heterocycles. The molecule has 0 radical (unpaired) electrons. The molecule has 6 heteroatoms. The zero-order valence-corrected chi connectivity index (χ0v) is 12.6. The van der Waals surface area contributed by atoms with Crippen molar-refractivity contribution in [1.82, 2.24) is 14.9 Å². The molecule has 0 aromatic carbocycles. The van der Waals surface area contributed by atoms with Crippen molar-refractivity contribution in [3.63, 3.8) is 0 Å². The Bertz CT molecular complexity index is 598. The molecule has 0 saturated carbocycles. The first-order valence-electron chi connectivity index (χ1n) is 7.26. The van der Waals surface area contributed by atoms with Gasteiger partial charge >= 0.3 is 0 Å². The number of anilines is 1. The van der Waals surface area contributed by atoms with Gasteiger partial charge < -0.3 is 5.32 Å². The molecule has 3 rings (SSSR count). The smallest absolute Gasteiger partial charge is 0.236 e. The quantitative estimate of drug-likeness (QED) is 0.790. The first-order valence-corrected chi connectivity index (χ1v) is 7.26. The molecule has 1 amide bonds. The number of hydrogen-bond acceptors (Lipinski definition) is 5. The lowest BCUT2D eigenvalue weighted by Crippen LogP contribution is -2.52. The molecule has 21 heavy (non-hydrogen) atoms. The van der Waals surface area contributed by atoms with E-state index in [9.17, 15) is 9.59 Å². The Morgan fingerprint density at radius 3 is 2.57 bits per heavy atom. The minimum absolute atomic E-state index is 0.0107. The van der Waals surface area contributed by atoms with E-state index < -0.39 is 5.41 Å². The highest BCUT2D eigenvalue weighted by molar-refractivity contribution is 6.05. The maximum atomic E-state index is 12.5. The van der Waals surface area contributed by atoms with Crippen LogP contribution in [0.25, 0.3) is 0 Å². The van der Waals surface area contributed by atoms with E-state index in [0.717, 1.165) is 25.9 Å². The van der Waals surface area contributed by atoms with E-state index in [-0.39, 0.29) is 17.3 Å². The number of rotatable bonds is 1. The highest BCUT2D eigenvalue weighted by Crippen LogP contribution is 2.44. The van der Waals surface area contributed by atoms with Gasteiger partial charge in [0.05, 0.1) is 23.0 Å². The van der Waals surface area contributed by atoms with Crippen molar-refractivity contribution in [2.24, 2.45) is 0 Å². The van der Waals surface area contributed by atoms with Crippen LogP contribution in [0.1, 0.15) is 49.9 Å². The number of aromatic nitrogens is 2. The Morgan fingerprint density at radius 1 is 1.33 bits per heavy atom. The molecule has 3 heterocycles. The van der Waals surface area contributed by atoms with Gasteiger partial charge in [-0.15, -0.1) is 0 Å². The normalized spacial score (nSPS) is 21.2. The molecule has 112 valence electrons. The molecule has 6 nitrogen and oxygen atoms in total. The number of nitrogens with one attached hydrogen (secondary N) is 1. The van der Waals surface area contributed by atoms with Crippen LogP contribution < -0.4 is 5.32 Å². The number of hydrogen-bond donors (Lipinski definition) is 1. The van der Waals surface area contributed by atoms with Crippen LogP contribution >= 0.6 is 0 Å². The van der Waals surface area contributed by atoms with Crippen LogP contribution in [0.2, 0.25) is 0 Å². The van der Waals surface area contributed by atoms with Gasteiger partial charge in [-0.2, -0.15) is 0 Å². The maximum Gasteiger partial charge on any atom is 0.236 e. The van der Waals surface area contributed by atoms with Crippen molar-refractivity contribution in [1.29, 1.82) is 0 Å².